The van der Waals surface area contributed by atoms with Crippen LogP contribution in [0.3, 0.4) is 0 Å². The molecule has 2 nitrogen and oxygen atoms in total. The summed E-state index contributed by atoms with van der Waals surface area (Å²) in [6.07, 6.45) is 8.08. The van der Waals surface area contributed by atoms with Gasteiger partial charge in [-0.15, -0.1) is 0 Å². The largest absolute Gasteiger partial charge is 0.362 e. The van der Waals surface area contributed by atoms with E-state index in [9.17, 15) is 0 Å². The van der Waals surface area contributed by atoms with Crippen LogP contribution in [-0.2, 0) is 0 Å². The summed E-state index contributed by atoms with van der Waals surface area (Å²) in [5.41, 5.74) is 0. The van der Waals surface area contributed by atoms with E-state index in [1.807, 2.05) is 0 Å². The Kier molecular flexibility index (Phi) is 3.84. The molecule has 2 saturated carbocycles. The van der Waals surface area contributed by atoms with E-state index in [0.717, 1.165) is 23.5 Å². The molecule has 0 spiro atoms. The molecule has 0 aromatic heterocycles. The van der Waals surface area contributed by atoms with Gasteiger partial charge < -0.3 is 10.6 Å². The van der Waals surface area contributed by atoms with Crippen molar-refractivity contribution in [2.24, 2.45) is 11.8 Å². The second-order valence-corrected chi connectivity index (χ2v) is 5.57. The lowest BCUT2D eigenvalue weighted by atomic mass is 9.96. The van der Waals surface area contributed by atoms with Crippen LogP contribution in [0.15, 0.2) is 0 Å². The summed E-state index contributed by atoms with van der Waals surface area (Å²) in [7, 11) is 0. The van der Waals surface area contributed by atoms with Gasteiger partial charge in [0.25, 0.3) is 0 Å². The van der Waals surface area contributed by atoms with Gasteiger partial charge in [-0.05, 0) is 43.3 Å². The van der Waals surface area contributed by atoms with Crippen LogP contribution in [0, 0.1) is 11.8 Å². The van der Waals surface area contributed by atoms with E-state index in [1.54, 1.807) is 0 Å². The molecule has 0 radical (unpaired) electrons. The topological polar surface area (TPSA) is 24.1 Å². The first kappa shape index (κ1) is 11.2. The van der Waals surface area contributed by atoms with Gasteiger partial charge in [-0.25, -0.2) is 0 Å². The molecule has 0 aromatic carbocycles. The molecule has 0 amide bonds. The van der Waals surface area contributed by atoms with Crippen molar-refractivity contribution in [1.29, 1.82) is 0 Å². The van der Waals surface area contributed by atoms with Gasteiger partial charge in [-0.2, -0.15) is 0 Å². The molecule has 86 valence electrons. The van der Waals surface area contributed by atoms with Crippen molar-refractivity contribution >= 4 is 17.3 Å². The molecule has 2 atom stereocenters. The maximum absolute atomic E-state index is 5.30. The minimum absolute atomic E-state index is 0.635. The average Bonchev–Trinajstić information content (AvgIpc) is 2.93. The molecular weight excluding hydrogens is 204 g/mol. The molecule has 15 heavy (non-hydrogen) atoms. The first-order chi connectivity index (χ1) is 7.25. The summed E-state index contributed by atoms with van der Waals surface area (Å²) >= 11 is 5.30. The fraction of sp³-hybridized carbons (Fsp3) is 0.917. The van der Waals surface area contributed by atoms with Crippen molar-refractivity contribution < 1.29 is 0 Å². The first-order valence-corrected chi connectivity index (χ1v) is 6.71. The van der Waals surface area contributed by atoms with Gasteiger partial charge in [0.05, 0.1) is 0 Å². The number of rotatable bonds is 3. The third kappa shape index (κ3) is 3.63. The van der Waals surface area contributed by atoms with Crippen LogP contribution in [0.25, 0.3) is 0 Å². The van der Waals surface area contributed by atoms with Crippen LogP contribution in [0.2, 0.25) is 0 Å². The van der Waals surface area contributed by atoms with Gasteiger partial charge in [0.15, 0.2) is 5.11 Å². The van der Waals surface area contributed by atoms with Gasteiger partial charge in [-0.3, -0.25) is 0 Å². The van der Waals surface area contributed by atoms with E-state index in [0.29, 0.717) is 6.04 Å². The summed E-state index contributed by atoms with van der Waals surface area (Å²) in [6.45, 7) is 3.38. The molecule has 2 fully saturated rings. The second-order valence-electron chi connectivity index (χ2n) is 5.16. The van der Waals surface area contributed by atoms with E-state index in [4.69, 9.17) is 12.2 Å². The Bertz CT molecular complexity index is 224. The number of hydrogen-bond acceptors (Lipinski definition) is 1. The Morgan fingerprint density at radius 3 is 2.53 bits per heavy atom. The normalized spacial score (nSPS) is 31.0. The fourth-order valence-corrected chi connectivity index (χ4v) is 2.64. The van der Waals surface area contributed by atoms with Crippen molar-refractivity contribution in [2.45, 2.75) is 51.5 Å². The van der Waals surface area contributed by atoms with E-state index >= 15 is 0 Å². The van der Waals surface area contributed by atoms with Crippen molar-refractivity contribution in [3.63, 3.8) is 0 Å². The molecule has 3 heteroatoms. The standard InChI is InChI=1S/C12H22N2S/c1-9-7-10(9)8-13-12(15)14-11-5-3-2-4-6-11/h9-11H,2-8H2,1H3,(H2,13,14,15). The highest BCUT2D eigenvalue weighted by molar-refractivity contribution is 7.80. The highest BCUT2D eigenvalue weighted by Gasteiger charge is 2.32. The molecule has 2 N–H and O–H groups in total. The third-order valence-electron chi connectivity index (χ3n) is 3.74. The first-order valence-electron chi connectivity index (χ1n) is 6.30. The van der Waals surface area contributed by atoms with Gasteiger partial charge in [0.2, 0.25) is 0 Å². The number of nitrogens with one attached hydrogen (secondary N) is 2. The molecule has 2 rings (SSSR count). The van der Waals surface area contributed by atoms with Gasteiger partial charge in [0.1, 0.15) is 0 Å². The Labute approximate surface area is 98.2 Å². The van der Waals surface area contributed by atoms with E-state index in [-0.39, 0.29) is 0 Å². The zero-order valence-corrected chi connectivity index (χ0v) is 10.4. The van der Waals surface area contributed by atoms with Crippen molar-refractivity contribution in [1.82, 2.24) is 10.6 Å². The Balaban J connectivity index is 1.59. The molecule has 2 unspecified atom stereocenters. The van der Waals surface area contributed by atoms with Crippen LogP contribution in [-0.4, -0.2) is 17.7 Å². The summed E-state index contributed by atoms with van der Waals surface area (Å²) < 4.78 is 0. The predicted octanol–water partition coefficient (Wildman–Crippen LogP) is 2.44. The lowest BCUT2D eigenvalue weighted by Crippen LogP contribution is -2.43. The van der Waals surface area contributed by atoms with E-state index in [1.165, 1.54) is 38.5 Å². The van der Waals surface area contributed by atoms with Crippen molar-refractivity contribution in [3.8, 4) is 0 Å². The highest BCUT2D eigenvalue weighted by Crippen LogP contribution is 2.36. The maximum Gasteiger partial charge on any atom is 0.166 e. The van der Waals surface area contributed by atoms with Gasteiger partial charge in [-0.1, -0.05) is 26.2 Å². The predicted molar refractivity (Wildman–Crippen MR) is 67.9 cm³/mol. The minimum Gasteiger partial charge on any atom is -0.362 e. The zero-order valence-electron chi connectivity index (χ0n) is 9.59. The quantitative estimate of drug-likeness (QED) is 0.723. The smallest absolute Gasteiger partial charge is 0.166 e. The zero-order chi connectivity index (χ0) is 10.7. The monoisotopic (exact) mass is 226 g/mol. The van der Waals surface area contributed by atoms with Crippen LogP contribution >= 0.6 is 12.2 Å². The number of thiocarbonyl (C=S) groups is 1. The minimum atomic E-state index is 0.635. The lowest BCUT2D eigenvalue weighted by molar-refractivity contribution is 0.411. The van der Waals surface area contributed by atoms with E-state index < -0.39 is 0 Å². The SMILES string of the molecule is CC1CC1CNC(=S)NC1CCCCC1. The summed E-state index contributed by atoms with van der Waals surface area (Å²) in [4.78, 5) is 0. The average molecular weight is 226 g/mol. The second kappa shape index (κ2) is 5.15. The molecule has 2 aliphatic carbocycles. The van der Waals surface area contributed by atoms with Crippen LogP contribution in [0.5, 0.6) is 0 Å². The van der Waals surface area contributed by atoms with E-state index in [2.05, 4.69) is 17.6 Å². The molecule has 0 heterocycles. The maximum atomic E-state index is 5.30. The molecule has 2 aliphatic rings. The molecule has 0 aliphatic heterocycles. The molecule has 0 bridgehead atoms. The lowest BCUT2D eigenvalue weighted by Gasteiger charge is -2.24. The third-order valence-corrected chi connectivity index (χ3v) is 4.00. The number of hydrogen-bond donors (Lipinski definition) is 2. The molecule has 0 aromatic rings. The van der Waals surface area contributed by atoms with Crippen molar-refractivity contribution in [3.05, 3.63) is 0 Å². The fourth-order valence-electron chi connectivity index (χ4n) is 2.39. The summed E-state index contributed by atoms with van der Waals surface area (Å²) in [5, 5.41) is 7.66. The summed E-state index contributed by atoms with van der Waals surface area (Å²) in [6, 6.07) is 0.635. The highest BCUT2D eigenvalue weighted by atomic mass is 32.1. The van der Waals surface area contributed by atoms with Gasteiger partial charge in [0, 0.05) is 12.6 Å². The molecule has 0 saturated heterocycles. The molecular formula is C12H22N2S. The van der Waals surface area contributed by atoms with Crippen LogP contribution in [0.4, 0.5) is 0 Å². The summed E-state index contributed by atoms with van der Waals surface area (Å²) in [5.74, 6) is 1.78. The van der Waals surface area contributed by atoms with Crippen LogP contribution in [0.1, 0.15) is 45.4 Å². The Morgan fingerprint density at radius 2 is 1.93 bits per heavy atom. The Hall–Kier alpha value is -0.310. The van der Waals surface area contributed by atoms with Crippen LogP contribution < -0.4 is 10.6 Å². The Morgan fingerprint density at radius 1 is 1.27 bits per heavy atom. The van der Waals surface area contributed by atoms with Gasteiger partial charge >= 0.3 is 0 Å². The van der Waals surface area contributed by atoms with Crippen molar-refractivity contribution in [2.75, 3.05) is 6.54 Å².